The molecule has 0 saturated carbocycles. The van der Waals surface area contributed by atoms with Gasteiger partial charge in [-0.2, -0.15) is 0 Å². The maximum Gasteiger partial charge on any atom is 0.472 e. The molecule has 284 valence electrons. The Morgan fingerprint density at radius 2 is 1.02 bits per heavy atom. The number of unbranched alkanes of at least 4 members (excludes halogenated alkanes) is 20. The molecule has 0 aliphatic heterocycles. The molecule has 3 unspecified atom stereocenters. The summed E-state index contributed by atoms with van der Waals surface area (Å²) in [6.45, 7) is 2.34. The van der Waals surface area contributed by atoms with Crippen LogP contribution in [0.15, 0.2) is 12.2 Å². The van der Waals surface area contributed by atoms with Gasteiger partial charge in [0.15, 0.2) is 6.10 Å². The standard InChI is InChI=1S/C37H71O10P/c1-3-5-7-9-11-13-15-16-17-18-19-21-23-25-27-29-37(41)47-35(33-46-48(42,43)45-31-34(39)30-38)32-44-36(40)28-26-24-22-20-14-12-10-8-6-4-2/h16-17,34-35,38-39H,3-15,18-33H2,1-2H3,(H,42,43)/b17-16-. The van der Waals surface area contributed by atoms with E-state index in [9.17, 15) is 24.2 Å². The zero-order chi connectivity index (χ0) is 35.6. The fraction of sp³-hybridized carbons (Fsp3) is 0.892. The number of aliphatic hydroxyl groups excluding tert-OH is 2. The first kappa shape index (κ1) is 46.7. The van der Waals surface area contributed by atoms with Crippen molar-refractivity contribution in [1.82, 2.24) is 0 Å². The summed E-state index contributed by atoms with van der Waals surface area (Å²) >= 11 is 0. The summed E-state index contributed by atoms with van der Waals surface area (Å²) in [5, 5.41) is 18.2. The quantitative estimate of drug-likeness (QED) is 0.0249. The van der Waals surface area contributed by atoms with Gasteiger partial charge < -0.3 is 24.6 Å². The molecule has 0 bridgehead atoms. The summed E-state index contributed by atoms with van der Waals surface area (Å²) in [6, 6.07) is 0. The Morgan fingerprint density at radius 1 is 0.604 bits per heavy atom. The molecule has 0 heterocycles. The minimum absolute atomic E-state index is 0.178. The van der Waals surface area contributed by atoms with Crippen molar-refractivity contribution in [3.8, 4) is 0 Å². The summed E-state index contributed by atoms with van der Waals surface area (Å²) in [7, 11) is -4.61. The van der Waals surface area contributed by atoms with Gasteiger partial charge in [-0.1, -0.05) is 135 Å². The lowest BCUT2D eigenvalue weighted by atomic mass is 10.1. The first-order valence-electron chi connectivity index (χ1n) is 19.1. The lowest BCUT2D eigenvalue weighted by Crippen LogP contribution is -2.29. The second-order valence-electron chi connectivity index (χ2n) is 13.0. The van der Waals surface area contributed by atoms with Crippen LogP contribution in [0.2, 0.25) is 0 Å². The third kappa shape index (κ3) is 33.2. The number of phosphoric ester groups is 1. The van der Waals surface area contributed by atoms with E-state index in [4.69, 9.17) is 19.1 Å². The molecule has 0 saturated heterocycles. The van der Waals surface area contributed by atoms with Crippen LogP contribution in [0, 0.1) is 0 Å². The van der Waals surface area contributed by atoms with Gasteiger partial charge in [0.25, 0.3) is 0 Å². The molecule has 0 spiro atoms. The minimum Gasteiger partial charge on any atom is -0.462 e. The number of aliphatic hydroxyl groups is 2. The van der Waals surface area contributed by atoms with Crippen LogP contribution < -0.4 is 0 Å². The number of carbonyl (C=O) groups excluding carboxylic acids is 2. The van der Waals surface area contributed by atoms with Crippen LogP contribution in [0.1, 0.15) is 174 Å². The number of allylic oxidation sites excluding steroid dienone is 2. The second-order valence-corrected chi connectivity index (χ2v) is 14.4. The minimum atomic E-state index is -4.61. The van der Waals surface area contributed by atoms with Crippen molar-refractivity contribution in [2.24, 2.45) is 0 Å². The Bertz CT molecular complexity index is 822. The molecule has 10 nitrogen and oxygen atoms in total. The van der Waals surface area contributed by atoms with Crippen molar-refractivity contribution in [3.63, 3.8) is 0 Å². The molecule has 0 aromatic carbocycles. The van der Waals surface area contributed by atoms with E-state index >= 15 is 0 Å². The van der Waals surface area contributed by atoms with Gasteiger partial charge in [-0.3, -0.25) is 18.6 Å². The van der Waals surface area contributed by atoms with Crippen molar-refractivity contribution < 1.29 is 47.8 Å². The number of carbonyl (C=O) groups is 2. The van der Waals surface area contributed by atoms with Gasteiger partial charge >= 0.3 is 19.8 Å². The van der Waals surface area contributed by atoms with E-state index < -0.39 is 51.8 Å². The van der Waals surface area contributed by atoms with Crippen molar-refractivity contribution in [2.75, 3.05) is 26.4 Å². The van der Waals surface area contributed by atoms with Crippen LogP contribution in [-0.4, -0.2) is 65.7 Å². The number of hydrogen-bond donors (Lipinski definition) is 3. The smallest absolute Gasteiger partial charge is 0.462 e. The molecular weight excluding hydrogens is 635 g/mol. The van der Waals surface area contributed by atoms with Gasteiger partial charge in [0, 0.05) is 12.8 Å². The zero-order valence-electron chi connectivity index (χ0n) is 30.5. The van der Waals surface area contributed by atoms with Crippen LogP contribution >= 0.6 is 7.82 Å². The summed E-state index contributed by atoms with van der Waals surface area (Å²) in [6.07, 6.45) is 29.0. The predicted molar refractivity (Wildman–Crippen MR) is 192 cm³/mol. The van der Waals surface area contributed by atoms with Crippen molar-refractivity contribution in [2.45, 2.75) is 187 Å². The highest BCUT2D eigenvalue weighted by Crippen LogP contribution is 2.43. The molecule has 0 amide bonds. The summed E-state index contributed by atoms with van der Waals surface area (Å²) in [4.78, 5) is 34.7. The number of phosphoric acid groups is 1. The Labute approximate surface area is 292 Å². The number of hydrogen-bond acceptors (Lipinski definition) is 9. The molecule has 48 heavy (non-hydrogen) atoms. The zero-order valence-corrected chi connectivity index (χ0v) is 31.4. The lowest BCUT2D eigenvalue weighted by molar-refractivity contribution is -0.161. The monoisotopic (exact) mass is 706 g/mol. The molecule has 3 N–H and O–H groups in total. The molecule has 0 rings (SSSR count). The normalized spacial score (nSPS) is 14.2. The van der Waals surface area contributed by atoms with Crippen molar-refractivity contribution >= 4 is 19.8 Å². The summed E-state index contributed by atoms with van der Waals surface area (Å²) in [5.41, 5.74) is 0. The van der Waals surface area contributed by atoms with Crippen LogP contribution in [0.25, 0.3) is 0 Å². The molecule has 0 aromatic heterocycles. The average Bonchev–Trinajstić information content (AvgIpc) is 3.07. The molecule has 0 radical (unpaired) electrons. The summed E-state index contributed by atoms with van der Waals surface area (Å²) < 4.78 is 32.5. The van der Waals surface area contributed by atoms with Gasteiger partial charge in [-0.05, 0) is 38.5 Å². The van der Waals surface area contributed by atoms with Gasteiger partial charge in [0.1, 0.15) is 12.7 Å². The van der Waals surface area contributed by atoms with Gasteiger partial charge in [-0.15, -0.1) is 0 Å². The average molecular weight is 707 g/mol. The van der Waals surface area contributed by atoms with E-state index in [1.165, 1.54) is 77.0 Å². The van der Waals surface area contributed by atoms with Crippen LogP contribution in [0.3, 0.4) is 0 Å². The number of rotatable bonds is 36. The molecule has 0 aliphatic rings. The second kappa shape index (κ2) is 34.2. The predicted octanol–water partition coefficient (Wildman–Crippen LogP) is 9.28. The fourth-order valence-electron chi connectivity index (χ4n) is 5.16. The molecule has 0 aliphatic carbocycles. The highest BCUT2D eigenvalue weighted by Gasteiger charge is 2.27. The Hall–Kier alpha value is -1.29. The first-order chi connectivity index (χ1) is 23.2. The van der Waals surface area contributed by atoms with Crippen LogP contribution in [0.5, 0.6) is 0 Å². The Balaban J connectivity index is 4.36. The van der Waals surface area contributed by atoms with E-state index in [2.05, 4.69) is 30.5 Å². The van der Waals surface area contributed by atoms with E-state index in [1.807, 2.05) is 0 Å². The highest BCUT2D eigenvalue weighted by atomic mass is 31.2. The maximum absolute atomic E-state index is 12.5. The largest absolute Gasteiger partial charge is 0.472 e. The third-order valence-corrected chi connectivity index (χ3v) is 9.12. The van der Waals surface area contributed by atoms with E-state index in [-0.39, 0.29) is 19.4 Å². The van der Waals surface area contributed by atoms with E-state index in [0.717, 1.165) is 57.8 Å². The fourth-order valence-corrected chi connectivity index (χ4v) is 5.95. The summed E-state index contributed by atoms with van der Waals surface area (Å²) in [5.74, 6) is -0.932. The number of ether oxygens (including phenoxy) is 2. The van der Waals surface area contributed by atoms with Crippen LogP contribution in [0.4, 0.5) is 0 Å². The lowest BCUT2D eigenvalue weighted by Gasteiger charge is -2.20. The molecule has 11 heteroatoms. The van der Waals surface area contributed by atoms with Crippen molar-refractivity contribution in [3.05, 3.63) is 12.2 Å². The van der Waals surface area contributed by atoms with Gasteiger partial charge in [-0.25, -0.2) is 4.57 Å². The van der Waals surface area contributed by atoms with Crippen molar-refractivity contribution in [1.29, 1.82) is 0 Å². The molecule has 3 atom stereocenters. The van der Waals surface area contributed by atoms with Gasteiger partial charge in [0.2, 0.25) is 0 Å². The first-order valence-corrected chi connectivity index (χ1v) is 20.6. The van der Waals surface area contributed by atoms with Gasteiger partial charge in [0.05, 0.1) is 19.8 Å². The van der Waals surface area contributed by atoms with E-state index in [0.29, 0.717) is 12.8 Å². The maximum atomic E-state index is 12.5. The SMILES string of the molecule is CCCCCCCC/C=C\CCCCCCCC(=O)OC(COC(=O)CCCCCCCCCCCC)COP(=O)(O)OCC(O)CO. The Kier molecular flexibility index (Phi) is 33.3. The highest BCUT2D eigenvalue weighted by molar-refractivity contribution is 7.47. The molecule has 0 aromatic rings. The van der Waals surface area contributed by atoms with Crippen LogP contribution in [-0.2, 0) is 32.7 Å². The molecular formula is C37H71O10P. The van der Waals surface area contributed by atoms with E-state index in [1.54, 1.807) is 0 Å². The topological polar surface area (TPSA) is 149 Å². The molecule has 0 fully saturated rings. The Morgan fingerprint density at radius 3 is 1.50 bits per heavy atom. The third-order valence-electron chi connectivity index (χ3n) is 8.17. The number of esters is 2.